The highest BCUT2D eigenvalue weighted by Gasteiger charge is 2.19. The number of hydrogen-bond donors (Lipinski definition) is 1. The van der Waals surface area contributed by atoms with Gasteiger partial charge in [0.05, 0.1) is 17.9 Å². The monoisotopic (exact) mass is 349 g/mol. The quantitative estimate of drug-likeness (QED) is 0.915. The summed E-state index contributed by atoms with van der Waals surface area (Å²) in [5.74, 6) is 0.0776. The Balaban J connectivity index is 1.40. The van der Waals surface area contributed by atoms with Gasteiger partial charge in [-0.3, -0.25) is 9.69 Å². The minimum Gasteiger partial charge on any atom is -0.370 e. The summed E-state index contributed by atoms with van der Waals surface area (Å²) in [5.41, 5.74) is 4.86. The van der Waals surface area contributed by atoms with E-state index < -0.39 is 0 Å². The van der Waals surface area contributed by atoms with E-state index in [9.17, 15) is 4.79 Å². The Kier molecular flexibility index (Phi) is 5.21. The van der Waals surface area contributed by atoms with E-state index in [0.29, 0.717) is 6.54 Å². The predicted molar refractivity (Wildman–Crippen MR) is 107 cm³/mol. The molecule has 2 aromatic rings. The lowest BCUT2D eigenvalue weighted by molar-refractivity contribution is -0.117. The molecule has 2 aliphatic rings. The summed E-state index contributed by atoms with van der Waals surface area (Å²) < 4.78 is 0. The van der Waals surface area contributed by atoms with Gasteiger partial charge in [-0.15, -0.1) is 0 Å². The van der Waals surface area contributed by atoms with Gasteiger partial charge >= 0.3 is 0 Å². The zero-order valence-corrected chi connectivity index (χ0v) is 15.3. The van der Waals surface area contributed by atoms with E-state index in [2.05, 4.69) is 51.5 Å². The number of carbonyl (C=O) groups is 1. The topological polar surface area (TPSA) is 35.6 Å². The molecule has 0 saturated carbocycles. The van der Waals surface area contributed by atoms with Crippen LogP contribution in [0.15, 0.2) is 48.5 Å². The molecule has 4 rings (SSSR count). The van der Waals surface area contributed by atoms with Crippen LogP contribution in [0.2, 0.25) is 0 Å². The molecule has 1 amide bonds. The van der Waals surface area contributed by atoms with Crippen LogP contribution in [-0.2, 0) is 17.8 Å². The molecule has 1 N–H and O–H groups in total. The molecule has 4 nitrogen and oxygen atoms in total. The van der Waals surface area contributed by atoms with Crippen LogP contribution < -0.4 is 10.2 Å². The average Bonchev–Trinajstić information content (AvgIpc) is 2.69. The SMILES string of the molecule is O=C(CN1CCc2ccccc2C1)Nc1ccccc1N1CCCCC1. The van der Waals surface area contributed by atoms with E-state index >= 15 is 0 Å². The maximum Gasteiger partial charge on any atom is 0.238 e. The number of anilines is 2. The van der Waals surface area contributed by atoms with Crippen molar-refractivity contribution in [2.24, 2.45) is 0 Å². The molecule has 4 heteroatoms. The molecule has 2 aliphatic heterocycles. The first-order valence-electron chi connectivity index (χ1n) is 9.72. The summed E-state index contributed by atoms with van der Waals surface area (Å²) in [6.07, 6.45) is 4.79. The van der Waals surface area contributed by atoms with Crippen LogP contribution in [0.3, 0.4) is 0 Å². The number of para-hydroxylation sites is 2. The molecule has 136 valence electrons. The zero-order valence-electron chi connectivity index (χ0n) is 15.3. The maximum absolute atomic E-state index is 12.7. The van der Waals surface area contributed by atoms with Crippen LogP contribution in [-0.4, -0.2) is 37.0 Å². The van der Waals surface area contributed by atoms with Gasteiger partial charge in [-0.2, -0.15) is 0 Å². The number of nitrogens with one attached hydrogen (secondary N) is 1. The molecule has 0 spiro atoms. The number of piperidine rings is 1. The van der Waals surface area contributed by atoms with E-state index in [1.807, 2.05) is 12.1 Å². The lowest BCUT2D eigenvalue weighted by Gasteiger charge is -2.31. The number of amides is 1. The number of rotatable bonds is 4. The number of nitrogens with zero attached hydrogens (tertiary/aromatic N) is 2. The summed E-state index contributed by atoms with van der Waals surface area (Å²) >= 11 is 0. The zero-order chi connectivity index (χ0) is 17.8. The maximum atomic E-state index is 12.7. The second-order valence-corrected chi connectivity index (χ2v) is 7.34. The van der Waals surface area contributed by atoms with Crippen molar-refractivity contribution in [3.05, 3.63) is 59.7 Å². The number of hydrogen-bond acceptors (Lipinski definition) is 3. The Morgan fingerprint density at radius 3 is 2.46 bits per heavy atom. The standard InChI is InChI=1S/C22H27N3O/c26-22(17-24-15-12-18-8-2-3-9-19(18)16-24)23-20-10-4-5-11-21(20)25-13-6-1-7-14-25/h2-5,8-11H,1,6-7,12-17H2,(H,23,26). The molecule has 1 fully saturated rings. The Morgan fingerprint density at radius 1 is 0.885 bits per heavy atom. The molecule has 0 radical (unpaired) electrons. The van der Waals surface area contributed by atoms with Crippen LogP contribution in [0.25, 0.3) is 0 Å². The third kappa shape index (κ3) is 3.91. The van der Waals surface area contributed by atoms with Crippen molar-refractivity contribution in [3.8, 4) is 0 Å². The molecule has 1 saturated heterocycles. The number of carbonyl (C=O) groups excluding carboxylic acids is 1. The van der Waals surface area contributed by atoms with E-state index in [4.69, 9.17) is 0 Å². The molecular weight excluding hydrogens is 322 g/mol. The van der Waals surface area contributed by atoms with Crippen LogP contribution in [0.1, 0.15) is 30.4 Å². The van der Waals surface area contributed by atoms with Gasteiger partial charge in [0, 0.05) is 26.2 Å². The van der Waals surface area contributed by atoms with Crippen molar-refractivity contribution in [1.29, 1.82) is 0 Å². The van der Waals surface area contributed by atoms with Crippen molar-refractivity contribution in [3.63, 3.8) is 0 Å². The normalized spacial score (nSPS) is 17.6. The molecule has 2 heterocycles. The van der Waals surface area contributed by atoms with Gasteiger partial charge in [0.25, 0.3) is 0 Å². The molecule has 0 bridgehead atoms. The Morgan fingerprint density at radius 2 is 1.62 bits per heavy atom. The first kappa shape index (κ1) is 17.1. The van der Waals surface area contributed by atoms with Crippen LogP contribution in [0.5, 0.6) is 0 Å². The fourth-order valence-corrected chi connectivity index (χ4v) is 4.07. The smallest absolute Gasteiger partial charge is 0.238 e. The molecule has 2 aromatic carbocycles. The summed E-state index contributed by atoms with van der Waals surface area (Å²) in [4.78, 5) is 17.3. The van der Waals surface area contributed by atoms with Crippen LogP contribution in [0, 0.1) is 0 Å². The van der Waals surface area contributed by atoms with Gasteiger partial charge in [-0.1, -0.05) is 36.4 Å². The van der Waals surface area contributed by atoms with Gasteiger partial charge in [-0.25, -0.2) is 0 Å². The summed E-state index contributed by atoms with van der Waals surface area (Å²) in [6, 6.07) is 16.7. The summed E-state index contributed by atoms with van der Waals surface area (Å²) in [6.45, 7) is 4.41. The highest BCUT2D eigenvalue weighted by molar-refractivity contribution is 5.95. The molecule has 0 unspecified atom stereocenters. The Hall–Kier alpha value is -2.33. The van der Waals surface area contributed by atoms with E-state index in [0.717, 1.165) is 44.0 Å². The molecule has 0 atom stereocenters. The Labute approximate surface area is 155 Å². The van der Waals surface area contributed by atoms with Gasteiger partial charge < -0.3 is 10.2 Å². The largest absolute Gasteiger partial charge is 0.370 e. The van der Waals surface area contributed by atoms with Gasteiger partial charge in [0.15, 0.2) is 0 Å². The first-order valence-corrected chi connectivity index (χ1v) is 9.72. The van der Waals surface area contributed by atoms with E-state index in [1.165, 1.54) is 30.4 Å². The van der Waals surface area contributed by atoms with Crippen molar-refractivity contribution in [2.75, 3.05) is 36.4 Å². The average molecular weight is 349 g/mol. The highest BCUT2D eigenvalue weighted by atomic mass is 16.2. The highest BCUT2D eigenvalue weighted by Crippen LogP contribution is 2.28. The third-order valence-electron chi connectivity index (χ3n) is 5.45. The molecule has 26 heavy (non-hydrogen) atoms. The summed E-state index contributed by atoms with van der Waals surface area (Å²) in [5, 5.41) is 3.16. The van der Waals surface area contributed by atoms with Crippen molar-refractivity contribution >= 4 is 17.3 Å². The fourth-order valence-electron chi connectivity index (χ4n) is 4.07. The molecule has 0 aromatic heterocycles. The van der Waals surface area contributed by atoms with Crippen LogP contribution in [0.4, 0.5) is 11.4 Å². The van der Waals surface area contributed by atoms with E-state index in [-0.39, 0.29) is 5.91 Å². The van der Waals surface area contributed by atoms with Gasteiger partial charge in [0.2, 0.25) is 5.91 Å². The first-order chi connectivity index (χ1) is 12.8. The number of fused-ring (bicyclic) bond motifs is 1. The lowest BCUT2D eigenvalue weighted by atomic mass is 10.00. The van der Waals surface area contributed by atoms with Gasteiger partial charge in [-0.05, 0) is 48.9 Å². The van der Waals surface area contributed by atoms with Gasteiger partial charge in [0.1, 0.15) is 0 Å². The van der Waals surface area contributed by atoms with Crippen molar-refractivity contribution < 1.29 is 4.79 Å². The predicted octanol–water partition coefficient (Wildman–Crippen LogP) is 3.67. The number of benzene rings is 2. The lowest BCUT2D eigenvalue weighted by Crippen LogP contribution is -2.37. The molecular formula is C22H27N3O. The van der Waals surface area contributed by atoms with Crippen molar-refractivity contribution in [1.82, 2.24) is 4.90 Å². The second-order valence-electron chi connectivity index (χ2n) is 7.34. The van der Waals surface area contributed by atoms with Crippen molar-refractivity contribution in [2.45, 2.75) is 32.2 Å². The minimum absolute atomic E-state index is 0.0776. The minimum atomic E-state index is 0.0776. The molecule has 0 aliphatic carbocycles. The fraction of sp³-hybridized carbons (Fsp3) is 0.409. The Bertz CT molecular complexity index is 767. The third-order valence-corrected chi connectivity index (χ3v) is 5.45. The second kappa shape index (κ2) is 7.92. The van der Waals surface area contributed by atoms with E-state index in [1.54, 1.807) is 0 Å². The van der Waals surface area contributed by atoms with Crippen LogP contribution >= 0.6 is 0 Å². The summed E-state index contributed by atoms with van der Waals surface area (Å²) in [7, 11) is 0.